The summed E-state index contributed by atoms with van der Waals surface area (Å²) in [7, 11) is 1.85. The maximum atomic E-state index is 12.8. The van der Waals surface area contributed by atoms with E-state index in [0.717, 1.165) is 18.4 Å². The van der Waals surface area contributed by atoms with Gasteiger partial charge < -0.3 is 9.88 Å². The number of halogens is 2. The number of nitrogens with zero attached hydrogens (tertiary/aromatic N) is 1. The van der Waals surface area contributed by atoms with E-state index in [1.54, 1.807) is 23.1 Å². The molecule has 4 rings (SSSR count). The van der Waals surface area contributed by atoms with E-state index in [-0.39, 0.29) is 11.3 Å². The molecule has 1 saturated carbocycles. The van der Waals surface area contributed by atoms with Gasteiger partial charge in [-0.2, -0.15) is 0 Å². The van der Waals surface area contributed by atoms with Crippen molar-refractivity contribution in [3.05, 3.63) is 69.8 Å². The Labute approximate surface area is 156 Å². The summed E-state index contributed by atoms with van der Waals surface area (Å²) in [5.41, 5.74) is 3.05. The fraction of sp³-hybridized carbons (Fsp3) is 0.250. The molecule has 0 atom stereocenters. The first kappa shape index (κ1) is 16.5. The molecule has 0 spiro atoms. The van der Waals surface area contributed by atoms with Gasteiger partial charge in [0.25, 0.3) is 5.91 Å². The van der Waals surface area contributed by atoms with Crippen LogP contribution in [0.3, 0.4) is 0 Å². The van der Waals surface area contributed by atoms with E-state index in [0.29, 0.717) is 22.2 Å². The molecule has 5 heteroatoms. The Morgan fingerprint density at radius 1 is 1.16 bits per heavy atom. The second-order valence-electron chi connectivity index (χ2n) is 6.82. The highest BCUT2D eigenvalue weighted by molar-refractivity contribution is 6.42. The van der Waals surface area contributed by atoms with Crippen molar-refractivity contribution in [2.75, 3.05) is 13.6 Å². The number of carbonyl (C=O) groups excluding carboxylic acids is 1. The van der Waals surface area contributed by atoms with Gasteiger partial charge in [-0.3, -0.25) is 4.79 Å². The van der Waals surface area contributed by atoms with Crippen LogP contribution in [0.5, 0.6) is 0 Å². The molecule has 2 aromatic carbocycles. The van der Waals surface area contributed by atoms with Gasteiger partial charge in [-0.1, -0.05) is 41.4 Å². The maximum Gasteiger partial charge on any atom is 0.253 e. The van der Waals surface area contributed by atoms with Gasteiger partial charge in [-0.05, 0) is 42.7 Å². The fourth-order valence-electron chi connectivity index (χ4n) is 3.55. The number of para-hydroxylation sites is 1. The van der Waals surface area contributed by atoms with Gasteiger partial charge >= 0.3 is 0 Å². The lowest BCUT2D eigenvalue weighted by atomic mass is 9.94. The third-order valence-electron chi connectivity index (χ3n) is 5.07. The van der Waals surface area contributed by atoms with Crippen LogP contribution in [0.15, 0.2) is 48.7 Å². The highest BCUT2D eigenvalue weighted by atomic mass is 35.5. The Morgan fingerprint density at radius 3 is 2.64 bits per heavy atom. The number of hydrogen-bond acceptors (Lipinski definition) is 1. The lowest BCUT2D eigenvalue weighted by Gasteiger charge is -2.24. The van der Waals surface area contributed by atoms with Crippen LogP contribution in [0.2, 0.25) is 10.0 Å². The lowest BCUT2D eigenvalue weighted by molar-refractivity contribution is 0.0781. The third-order valence-corrected chi connectivity index (χ3v) is 5.81. The fourth-order valence-corrected chi connectivity index (χ4v) is 3.85. The standard InChI is InChI=1S/C20H18Cl2N2O/c1-24(19(25)13-6-7-16(21)17(22)10-13)12-20(8-9-20)15-11-23-18-5-3-2-4-14(15)18/h2-7,10-11,23H,8-9,12H2,1H3. The number of likely N-dealkylation sites (N-methyl/N-ethyl adjacent to an activating group) is 1. The van der Waals surface area contributed by atoms with Crippen molar-refractivity contribution in [3.63, 3.8) is 0 Å². The number of fused-ring (bicyclic) bond motifs is 1. The van der Waals surface area contributed by atoms with E-state index in [4.69, 9.17) is 23.2 Å². The molecule has 1 heterocycles. The number of carbonyl (C=O) groups is 1. The summed E-state index contributed by atoms with van der Waals surface area (Å²) < 4.78 is 0. The van der Waals surface area contributed by atoms with Crippen LogP contribution in [-0.4, -0.2) is 29.4 Å². The monoisotopic (exact) mass is 372 g/mol. The molecule has 0 radical (unpaired) electrons. The van der Waals surface area contributed by atoms with Crippen LogP contribution in [0.4, 0.5) is 0 Å². The van der Waals surface area contributed by atoms with Crippen LogP contribution in [0.1, 0.15) is 28.8 Å². The van der Waals surface area contributed by atoms with Crippen LogP contribution in [0, 0.1) is 0 Å². The first-order valence-electron chi connectivity index (χ1n) is 8.27. The number of aromatic nitrogens is 1. The third kappa shape index (κ3) is 2.92. The molecule has 0 saturated heterocycles. The molecule has 0 unspecified atom stereocenters. The van der Waals surface area contributed by atoms with Crippen LogP contribution < -0.4 is 0 Å². The topological polar surface area (TPSA) is 36.1 Å². The van der Waals surface area contributed by atoms with Gasteiger partial charge in [0.15, 0.2) is 0 Å². The highest BCUT2D eigenvalue weighted by Gasteiger charge is 2.47. The van der Waals surface area contributed by atoms with Gasteiger partial charge in [0.2, 0.25) is 0 Å². The first-order valence-corrected chi connectivity index (χ1v) is 9.03. The summed E-state index contributed by atoms with van der Waals surface area (Å²) in [6.07, 6.45) is 4.27. The normalized spacial score (nSPS) is 15.3. The summed E-state index contributed by atoms with van der Waals surface area (Å²) in [4.78, 5) is 17.9. The number of rotatable bonds is 4. The van der Waals surface area contributed by atoms with Crippen molar-refractivity contribution in [2.24, 2.45) is 0 Å². The van der Waals surface area contributed by atoms with Gasteiger partial charge in [0.1, 0.15) is 0 Å². The molecule has 1 N–H and O–H groups in total. The molecule has 1 amide bonds. The van der Waals surface area contributed by atoms with Crippen molar-refractivity contribution in [1.82, 2.24) is 9.88 Å². The van der Waals surface area contributed by atoms with E-state index >= 15 is 0 Å². The van der Waals surface area contributed by atoms with E-state index in [1.807, 2.05) is 13.1 Å². The second kappa shape index (κ2) is 6.08. The van der Waals surface area contributed by atoms with E-state index in [9.17, 15) is 4.79 Å². The molecular weight excluding hydrogens is 355 g/mol. The van der Waals surface area contributed by atoms with E-state index < -0.39 is 0 Å². The Kier molecular flexibility index (Phi) is 4.01. The molecule has 1 aromatic heterocycles. The van der Waals surface area contributed by atoms with Gasteiger partial charge in [-0.25, -0.2) is 0 Å². The molecule has 0 aliphatic heterocycles. The molecular formula is C20H18Cl2N2O. The summed E-state index contributed by atoms with van der Waals surface area (Å²) >= 11 is 12.0. The van der Waals surface area contributed by atoms with Crippen molar-refractivity contribution >= 4 is 40.0 Å². The van der Waals surface area contributed by atoms with Crippen molar-refractivity contribution in [2.45, 2.75) is 18.3 Å². The predicted molar refractivity (Wildman–Crippen MR) is 103 cm³/mol. The summed E-state index contributed by atoms with van der Waals surface area (Å²) in [5.74, 6) is -0.0373. The Hall–Kier alpha value is -1.97. The summed E-state index contributed by atoms with van der Waals surface area (Å²) in [6, 6.07) is 13.3. The van der Waals surface area contributed by atoms with E-state index in [1.165, 1.54) is 10.9 Å². The molecule has 128 valence electrons. The zero-order valence-corrected chi connectivity index (χ0v) is 15.4. The SMILES string of the molecule is CN(CC1(c2c[nH]c3ccccc23)CC1)C(=O)c1ccc(Cl)c(Cl)c1. The Bertz CT molecular complexity index is 959. The molecule has 3 aromatic rings. The van der Waals surface area contributed by atoms with Crippen LogP contribution in [0.25, 0.3) is 10.9 Å². The molecule has 3 nitrogen and oxygen atoms in total. The minimum Gasteiger partial charge on any atom is -0.361 e. The molecule has 1 aliphatic carbocycles. The largest absolute Gasteiger partial charge is 0.361 e. The smallest absolute Gasteiger partial charge is 0.253 e. The summed E-state index contributed by atoms with van der Waals surface area (Å²) in [6.45, 7) is 0.688. The number of aromatic amines is 1. The number of nitrogens with one attached hydrogen (secondary N) is 1. The molecule has 1 fully saturated rings. The average Bonchev–Trinajstić information content (AvgIpc) is 3.25. The second-order valence-corrected chi connectivity index (χ2v) is 7.63. The van der Waals surface area contributed by atoms with Crippen LogP contribution >= 0.6 is 23.2 Å². The Morgan fingerprint density at radius 2 is 1.92 bits per heavy atom. The van der Waals surface area contributed by atoms with Crippen molar-refractivity contribution in [3.8, 4) is 0 Å². The maximum absolute atomic E-state index is 12.8. The zero-order valence-electron chi connectivity index (χ0n) is 13.9. The van der Waals surface area contributed by atoms with Crippen LogP contribution in [-0.2, 0) is 5.41 Å². The quantitative estimate of drug-likeness (QED) is 0.664. The van der Waals surface area contributed by atoms with E-state index in [2.05, 4.69) is 29.4 Å². The minimum absolute atomic E-state index is 0.0373. The van der Waals surface area contributed by atoms with Crippen molar-refractivity contribution < 1.29 is 4.79 Å². The lowest BCUT2D eigenvalue weighted by Crippen LogP contribution is -2.34. The number of H-pyrrole nitrogens is 1. The first-order chi connectivity index (χ1) is 12.0. The van der Waals surface area contributed by atoms with Gasteiger partial charge in [-0.15, -0.1) is 0 Å². The van der Waals surface area contributed by atoms with Gasteiger partial charge in [0.05, 0.1) is 10.0 Å². The molecule has 25 heavy (non-hydrogen) atoms. The van der Waals surface area contributed by atoms with Gasteiger partial charge in [0, 0.05) is 41.7 Å². The number of hydrogen-bond donors (Lipinski definition) is 1. The molecule has 1 aliphatic rings. The predicted octanol–water partition coefficient (Wildman–Crippen LogP) is 5.28. The Balaban J connectivity index is 1.58. The zero-order chi connectivity index (χ0) is 17.6. The molecule has 0 bridgehead atoms. The van der Waals surface area contributed by atoms with Crippen molar-refractivity contribution in [1.29, 1.82) is 0 Å². The highest BCUT2D eigenvalue weighted by Crippen LogP contribution is 2.50. The number of amides is 1. The minimum atomic E-state index is -0.0373. The average molecular weight is 373 g/mol. The summed E-state index contributed by atoms with van der Waals surface area (Å²) in [5, 5.41) is 2.10. The number of benzene rings is 2.